The predicted octanol–water partition coefficient (Wildman–Crippen LogP) is 1.90. The van der Waals surface area contributed by atoms with E-state index < -0.39 is 5.60 Å². The van der Waals surface area contributed by atoms with Crippen LogP contribution >= 0.6 is 0 Å². The van der Waals surface area contributed by atoms with Crippen molar-refractivity contribution < 1.29 is 9.53 Å². The van der Waals surface area contributed by atoms with Crippen molar-refractivity contribution in [2.24, 2.45) is 0 Å². The van der Waals surface area contributed by atoms with E-state index in [1.54, 1.807) is 27.8 Å². The molecule has 0 radical (unpaired) electrons. The highest BCUT2D eigenvalue weighted by atomic mass is 16.6. The van der Waals surface area contributed by atoms with Crippen LogP contribution in [0.4, 0.5) is 10.5 Å². The van der Waals surface area contributed by atoms with Crippen LogP contribution in [0.2, 0.25) is 0 Å². The van der Waals surface area contributed by atoms with Gasteiger partial charge in [-0.1, -0.05) is 0 Å². The van der Waals surface area contributed by atoms with E-state index in [2.05, 4.69) is 5.32 Å². The quantitative estimate of drug-likeness (QED) is 0.924. The number of nitrogens with zero attached hydrogens (tertiary/aromatic N) is 2. The van der Waals surface area contributed by atoms with Gasteiger partial charge in [-0.15, -0.1) is 0 Å². The molecular formula is C15H23N3O3. The molecule has 0 atom stereocenters. The average molecular weight is 293 g/mol. The lowest BCUT2D eigenvalue weighted by molar-refractivity contribution is 0.0105. The van der Waals surface area contributed by atoms with Gasteiger partial charge in [-0.05, 0) is 33.8 Å². The van der Waals surface area contributed by atoms with Crippen LogP contribution in [0.15, 0.2) is 23.1 Å². The number of aryl methyl sites for hydroxylation is 1. The molecule has 1 fully saturated rings. The highest BCUT2D eigenvalue weighted by molar-refractivity contribution is 5.69. The summed E-state index contributed by atoms with van der Waals surface area (Å²) in [6.07, 6.45) is 1.53. The molecule has 0 bridgehead atoms. The third kappa shape index (κ3) is 4.00. The highest BCUT2D eigenvalue weighted by Crippen LogP contribution is 2.18. The van der Waals surface area contributed by atoms with Crippen molar-refractivity contribution in [1.29, 1.82) is 0 Å². The molecule has 6 heteroatoms. The number of hydrogen-bond donors (Lipinski definition) is 1. The van der Waals surface area contributed by atoms with Crippen LogP contribution in [0.25, 0.3) is 0 Å². The van der Waals surface area contributed by atoms with Gasteiger partial charge in [0.15, 0.2) is 0 Å². The normalized spacial score (nSPS) is 15.5. The Bertz CT molecular complexity index is 568. The molecule has 1 amide bonds. The van der Waals surface area contributed by atoms with Gasteiger partial charge < -0.3 is 19.5 Å². The fourth-order valence-electron chi connectivity index (χ4n) is 2.14. The number of carbonyl (C=O) groups is 1. The van der Waals surface area contributed by atoms with Crippen molar-refractivity contribution in [3.8, 4) is 0 Å². The number of aromatic nitrogens is 1. The van der Waals surface area contributed by atoms with E-state index in [-0.39, 0.29) is 17.7 Å². The van der Waals surface area contributed by atoms with Gasteiger partial charge in [-0.25, -0.2) is 4.79 Å². The molecule has 21 heavy (non-hydrogen) atoms. The van der Waals surface area contributed by atoms with Gasteiger partial charge in [-0.3, -0.25) is 4.79 Å². The molecule has 0 spiro atoms. The summed E-state index contributed by atoms with van der Waals surface area (Å²) in [6.45, 7) is 9.36. The zero-order chi connectivity index (χ0) is 15.6. The highest BCUT2D eigenvalue weighted by Gasteiger charge is 2.33. The van der Waals surface area contributed by atoms with E-state index in [0.29, 0.717) is 19.6 Å². The monoisotopic (exact) mass is 293 g/mol. The summed E-state index contributed by atoms with van der Waals surface area (Å²) in [6, 6.07) is 3.51. The SMILES string of the molecule is CCn1cc(NC2CN(C(=O)OC(C)(C)C)C2)ccc1=O. The molecule has 2 rings (SSSR count). The van der Waals surface area contributed by atoms with Crippen LogP contribution in [0.3, 0.4) is 0 Å². The number of amides is 1. The second-order valence-electron chi connectivity index (χ2n) is 6.27. The Labute approximate surface area is 124 Å². The van der Waals surface area contributed by atoms with E-state index in [1.807, 2.05) is 27.7 Å². The van der Waals surface area contributed by atoms with Gasteiger partial charge in [0.1, 0.15) is 5.60 Å². The first-order valence-electron chi connectivity index (χ1n) is 7.23. The van der Waals surface area contributed by atoms with Crippen molar-refractivity contribution in [2.45, 2.75) is 45.9 Å². The Hall–Kier alpha value is -1.98. The molecule has 1 N–H and O–H groups in total. The molecule has 2 heterocycles. The van der Waals surface area contributed by atoms with Crippen molar-refractivity contribution in [3.05, 3.63) is 28.7 Å². The van der Waals surface area contributed by atoms with Crippen molar-refractivity contribution in [1.82, 2.24) is 9.47 Å². The van der Waals surface area contributed by atoms with Crippen LogP contribution < -0.4 is 10.9 Å². The molecule has 0 aromatic carbocycles. The summed E-state index contributed by atoms with van der Waals surface area (Å²) >= 11 is 0. The second-order valence-corrected chi connectivity index (χ2v) is 6.27. The maximum absolute atomic E-state index is 11.8. The lowest BCUT2D eigenvalue weighted by atomic mass is 10.1. The van der Waals surface area contributed by atoms with Crippen LogP contribution in [0.1, 0.15) is 27.7 Å². The van der Waals surface area contributed by atoms with Gasteiger partial charge in [0.2, 0.25) is 0 Å². The van der Waals surface area contributed by atoms with E-state index in [9.17, 15) is 9.59 Å². The Kier molecular flexibility index (Phi) is 4.25. The fraction of sp³-hybridized carbons (Fsp3) is 0.600. The number of anilines is 1. The average Bonchev–Trinajstić information content (AvgIpc) is 2.32. The summed E-state index contributed by atoms with van der Waals surface area (Å²) < 4.78 is 6.95. The Morgan fingerprint density at radius 2 is 2.05 bits per heavy atom. The smallest absolute Gasteiger partial charge is 0.410 e. The molecule has 6 nitrogen and oxygen atoms in total. The van der Waals surface area contributed by atoms with Crippen molar-refractivity contribution in [2.75, 3.05) is 18.4 Å². The van der Waals surface area contributed by atoms with E-state index in [4.69, 9.17) is 4.74 Å². The molecule has 0 saturated carbocycles. The Balaban J connectivity index is 1.86. The minimum atomic E-state index is -0.466. The Morgan fingerprint density at radius 3 is 2.62 bits per heavy atom. The summed E-state index contributed by atoms with van der Waals surface area (Å²) in [7, 11) is 0. The third-order valence-corrected chi connectivity index (χ3v) is 3.23. The maximum Gasteiger partial charge on any atom is 0.410 e. The van der Waals surface area contributed by atoms with Crippen LogP contribution in [0, 0.1) is 0 Å². The first-order valence-corrected chi connectivity index (χ1v) is 7.23. The van der Waals surface area contributed by atoms with Gasteiger partial charge in [0.05, 0.1) is 11.7 Å². The van der Waals surface area contributed by atoms with Crippen molar-refractivity contribution >= 4 is 11.8 Å². The topological polar surface area (TPSA) is 63.6 Å². The zero-order valence-corrected chi connectivity index (χ0v) is 13.0. The van der Waals surface area contributed by atoms with E-state index in [0.717, 1.165) is 5.69 Å². The summed E-state index contributed by atoms with van der Waals surface area (Å²) in [5, 5.41) is 3.32. The predicted molar refractivity (Wildman–Crippen MR) is 81.6 cm³/mol. The summed E-state index contributed by atoms with van der Waals surface area (Å²) in [5.74, 6) is 0. The molecule has 1 aliphatic heterocycles. The molecule has 116 valence electrons. The van der Waals surface area contributed by atoms with Gasteiger partial charge in [0, 0.05) is 31.9 Å². The lowest BCUT2D eigenvalue weighted by Gasteiger charge is -2.40. The molecular weight excluding hydrogens is 270 g/mol. The summed E-state index contributed by atoms with van der Waals surface area (Å²) in [4.78, 5) is 25.0. The first kappa shape index (κ1) is 15.4. The molecule has 1 aromatic rings. The van der Waals surface area contributed by atoms with Gasteiger partial charge in [-0.2, -0.15) is 0 Å². The number of ether oxygens (including phenoxy) is 1. The minimum Gasteiger partial charge on any atom is -0.444 e. The Morgan fingerprint density at radius 1 is 1.38 bits per heavy atom. The second kappa shape index (κ2) is 5.79. The number of rotatable bonds is 3. The maximum atomic E-state index is 11.8. The van der Waals surface area contributed by atoms with Crippen molar-refractivity contribution in [3.63, 3.8) is 0 Å². The van der Waals surface area contributed by atoms with Crippen LogP contribution in [-0.2, 0) is 11.3 Å². The van der Waals surface area contributed by atoms with E-state index >= 15 is 0 Å². The van der Waals surface area contributed by atoms with Gasteiger partial charge >= 0.3 is 6.09 Å². The van der Waals surface area contributed by atoms with Gasteiger partial charge in [0.25, 0.3) is 5.56 Å². The largest absolute Gasteiger partial charge is 0.444 e. The zero-order valence-electron chi connectivity index (χ0n) is 13.0. The number of hydrogen-bond acceptors (Lipinski definition) is 4. The molecule has 1 aliphatic rings. The lowest BCUT2D eigenvalue weighted by Crippen LogP contribution is -2.58. The molecule has 0 unspecified atom stereocenters. The number of carbonyl (C=O) groups excluding carboxylic acids is 1. The first-order chi connectivity index (χ1) is 9.78. The third-order valence-electron chi connectivity index (χ3n) is 3.23. The number of pyridine rings is 1. The molecule has 1 saturated heterocycles. The van der Waals surface area contributed by atoms with Crippen LogP contribution in [-0.4, -0.2) is 40.3 Å². The standard InChI is InChI=1S/C15H23N3O3/c1-5-17-8-11(6-7-13(17)19)16-12-9-18(10-12)14(20)21-15(2,3)4/h6-8,12,16H,5,9-10H2,1-4H3. The molecule has 1 aromatic heterocycles. The van der Waals surface area contributed by atoms with Crippen LogP contribution in [0.5, 0.6) is 0 Å². The molecule has 0 aliphatic carbocycles. The summed E-state index contributed by atoms with van der Waals surface area (Å²) in [5.41, 5.74) is 0.420. The number of likely N-dealkylation sites (tertiary alicyclic amines) is 1. The fourth-order valence-corrected chi connectivity index (χ4v) is 2.14. The minimum absolute atomic E-state index is 0.00737. The number of nitrogens with one attached hydrogen (secondary N) is 1. The van der Waals surface area contributed by atoms with E-state index in [1.165, 1.54) is 0 Å².